The number of hydrogen-bond donors (Lipinski definition) is 1. The van der Waals surface area contributed by atoms with Crippen LogP contribution in [-0.4, -0.2) is 86.2 Å². The first-order chi connectivity index (χ1) is 23.1. The normalized spacial score (nSPS) is 30.1. The highest BCUT2D eigenvalue weighted by Gasteiger charge is 2.57. The smallest absolute Gasteiger partial charge is 0.262 e. The summed E-state index contributed by atoms with van der Waals surface area (Å²) >= 11 is 6.58. The zero-order chi connectivity index (χ0) is 34.0. The van der Waals surface area contributed by atoms with E-state index >= 15 is 4.39 Å². The van der Waals surface area contributed by atoms with Gasteiger partial charge in [-0.25, -0.2) is 4.39 Å². The fraction of sp³-hybridized carbons (Fsp3) is 0.641. The summed E-state index contributed by atoms with van der Waals surface area (Å²) in [6.07, 6.45) is 6.90. The number of methoxy groups -OCH3 is 1. The summed E-state index contributed by atoms with van der Waals surface area (Å²) in [7, 11) is 1.63. The number of piperidine rings is 1. The predicted molar refractivity (Wildman–Crippen MR) is 191 cm³/mol. The highest BCUT2D eigenvalue weighted by Crippen LogP contribution is 2.47. The molecule has 0 bridgehead atoms. The Kier molecular flexibility index (Phi) is 10.9. The number of amides is 2. The van der Waals surface area contributed by atoms with Crippen molar-refractivity contribution in [3.63, 3.8) is 0 Å². The van der Waals surface area contributed by atoms with Gasteiger partial charge in [0.2, 0.25) is 11.6 Å². The van der Waals surface area contributed by atoms with Gasteiger partial charge in [-0.15, -0.1) is 0 Å². The molecule has 4 aliphatic rings. The third-order valence-corrected chi connectivity index (χ3v) is 12.2. The van der Waals surface area contributed by atoms with Gasteiger partial charge >= 0.3 is 0 Å². The number of rotatable bonds is 9. The lowest BCUT2D eigenvalue weighted by Crippen LogP contribution is -2.50. The zero-order valence-electron chi connectivity index (χ0n) is 29.2. The van der Waals surface area contributed by atoms with E-state index in [0.717, 1.165) is 75.0 Å². The highest BCUT2D eigenvalue weighted by molar-refractivity contribution is 6.30. The van der Waals surface area contributed by atoms with E-state index in [1.54, 1.807) is 7.11 Å². The largest absolute Gasteiger partial charge is 0.497 e. The number of alkyl halides is 1. The minimum atomic E-state index is -2.01. The van der Waals surface area contributed by atoms with Crippen molar-refractivity contribution in [3.8, 4) is 5.75 Å². The molecule has 6 rings (SSSR count). The first-order valence-electron chi connectivity index (χ1n) is 18.3. The van der Waals surface area contributed by atoms with Crippen LogP contribution in [-0.2, 0) is 9.59 Å². The Morgan fingerprint density at radius 3 is 2.33 bits per heavy atom. The van der Waals surface area contributed by atoms with E-state index < -0.39 is 11.6 Å². The Morgan fingerprint density at radius 1 is 0.979 bits per heavy atom. The summed E-state index contributed by atoms with van der Waals surface area (Å²) in [6.45, 7) is 10.3. The van der Waals surface area contributed by atoms with Crippen molar-refractivity contribution < 1.29 is 18.7 Å². The molecule has 262 valence electrons. The van der Waals surface area contributed by atoms with Crippen molar-refractivity contribution in [3.05, 3.63) is 58.6 Å². The molecule has 2 amide bonds. The van der Waals surface area contributed by atoms with Gasteiger partial charge in [-0.1, -0.05) is 50.1 Å². The number of ether oxygens (including phenoxy) is 1. The van der Waals surface area contributed by atoms with E-state index in [4.69, 9.17) is 16.3 Å². The minimum absolute atomic E-state index is 0.0224. The summed E-state index contributed by atoms with van der Waals surface area (Å²) in [4.78, 5) is 33.6. The molecule has 3 aliphatic heterocycles. The molecule has 0 radical (unpaired) electrons. The van der Waals surface area contributed by atoms with Gasteiger partial charge in [-0.3, -0.25) is 14.5 Å². The third-order valence-electron chi connectivity index (χ3n) is 12.0. The fourth-order valence-electron chi connectivity index (χ4n) is 9.03. The van der Waals surface area contributed by atoms with Crippen LogP contribution in [0.2, 0.25) is 5.02 Å². The van der Waals surface area contributed by atoms with E-state index in [-0.39, 0.29) is 36.1 Å². The lowest BCUT2D eigenvalue weighted by Gasteiger charge is -2.36. The average molecular weight is 681 g/mol. The van der Waals surface area contributed by atoms with Crippen LogP contribution >= 0.6 is 11.6 Å². The van der Waals surface area contributed by atoms with Gasteiger partial charge in [0.15, 0.2) is 0 Å². The van der Waals surface area contributed by atoms with Crippen molar-refractivity contribution in [1.29, 1.82) is 0 Å². The second-order valence-corrected chi connectivity index (χ2v) is 15.3. The van der Waals surface area contributed by atoms with Gasteiger partial charge in [0.1, 0.15) is 5.75 Å². The van der Waals surface area contributed by atoms with E-state index in [9.17, 15) is 9.59 Å². The number of benzene rings is 2. The molecular weight excluding hydrogens is 627 g/mol. The van der Waals surface area contributed by atoms with E-state index in [2.05, 4.69) is 35.0 Å². The quantitative estimate of drug-likeness (QED) is 0.308. The SMILES string of the molecule is CCNC(=O)C1CCN(c2cc(Cl)ccc2[C@H]2CN(C(=O)[C@]3(F)CN(C4CCC(C)CC4)C[C@H]3c3ccc(OC)cc3)C[C@@H]2CC)CC1. The molecule has 1 aliphatic carbocycles. The number of carbonyl (C=O) groups is 2. The number of halogens is 2. The van der Waals surface area contributed by atoms with Crippen LogP contribution < -0.4 is 15.0 Å². The Hall–Kier alpha value is -2.84. The maximum Gasteiger partial charge on any atom is 0.262 e. The molecule has 9 heteroatoms. The lowest BCUT2D eigenvalue weighted by molar-refractivity contribution is -0.143. The number of nitrogens with one attached hydrogen (secondary N) is 1. The summed E-state index contributed by atoms with van der Waals surface area (Å²) in [5.41, 5.74) is 1.10. The highest BCUT2D eigenvalue weighted by atomic mass is 35.5. The molecule has 1 N–H and O–H groups in total. The Balaban J connectivity index is 1.24. The van der Waals surface area contributed by atoms with E-state index in [0.29, 0.717) is 43.2 Å². The molecule has 2 aromatic carbocycles. The first-order valence-corrected chi connectivity index (χ1v) is 18.7. The molecule has 3 saturated heterocycles. The maximum atomic E-state index is 17.8. The van der Waals surface area contributed by atoms with Gasteiger partial charge in [0.25, 0.3) is 5.91 Å². The molecule has 2 aromatic rings. The summed E-state index contributed by atoms with van der Waals surface area (Å²) in [6, 6.07) is 14.0. The van der Waals surface area contributed by atoms with Gasteiger partial charge in [-0.05, 0) is 92.7 Å². The van der Waals surface area contributed by atoms with Gasteiger partial charge < -0.3 is 19.9 Å². The molecule has 7 nitrogen and oxygen atoms in total. The second kappa shape index (κ2) is 15.0. The van der Waals surface area contributed by atoms with E-state index in [1.807, 2.05) is 48.2 Å². The van der Waals surface area contributed by atoms with Crippen molar-refractivity contribution in [2.45, 2.75) is 89.3 Å². The molecule has 0 spiro atoms. The van der Waals surface area contributed by atoms with Crippen LogP contribution in [0.25, 0.3) is 0 Å². The average Bonchev–Trinajstić information content (AvgIpc) is 3.70. The monoisotopic (exact) mass is 680 g/mol. The first kappa shape index (κ1) is 35.0. The Bertz CT molecular complexity index is 1420. The summed E-state index contributed by atoms with van der Waals surface area (Å²) < 4.78 is 23.2. The Labute approximate surface area is 291 Å². The van der Waals surface area contributed by atoms with Crippen LogP contribution in [0.1, 0.15) is 88.7 Å². The number of nitrogens with zero attached hydrogens (tertiary/aromatic N) is 3. The molecule has 4 atom stereocenters. The summed E-state index contributed by atoms with van der Waals surface area (Å²) in [5, 5.41) is 3.65. The van der Waals surface area contributed by atoms with Crippen molar-refractivity contribution in [2.75, 3.05) is 57.8 Å². The number of likely N-dealkylation sites (tertiary alicyclic amines) is 2. The fourth-order valence-corrected chi connectivity index (χ4v) is 9.20. The lowest BCUT2D eigenvalue weighted by atomic mass is 9.85. The van der Waals surface area contributed by atoms with Gasteiger partial charge in [-0.2, -0.15) is 0 Å². The van der Waals surface area contributed by atoms with Gasteiger partial charge in [0, 0.05) is 80.3 Å². The molecule has 4 fully saturated rings. The van der Waals surface area contributed by atoms with E-state index in [1.165, 1.54) is 5.56 Å². The topological polar surface area (TPSA) is 65.1 Å². The molecule has 0 unspecified atom stereocenters. The molecule has 48 heavy (non-hydrogen) atoms. The Morgan fingerprint density at radius 2 is 1.69 bits per heavy atom. The maximum absolute atomic E-state index is 17.8. The number of carbonyl (C=O) groups excluding carboxylic acids is 2. The molecule has 3 heterocycles. The van der Waals surface area contributed by atoms with Crippen LogP contribution in [0.15, 0.2) is 42.5 Å². The molecule has 1 saturated carbocycles. The van der Waals surface area contributed by atoms with Crippen molar-refractivity contribution in [1.82, 2.24) is 15.1 Å². The van der Waals surface area contributed by atoms with Crippen molar-refractivity contribution in [2.24, 2.45) is 17.8 Å². The van der Waals surface area contributed by atoms with Crippen molar-refractivity contribution >= 4 is 29.1 Å². The van der Waals surface area contributed by atoms with Crippen LogP contribution in [0, 0.1) is 17.8 Å². The summed E-state index contributed by atoms with van der Waals surface area (Å²) in [5.74, 6) is 0.974. The third kappa shape index (κ3) is 7.07. The van der Waals surface area contributed by atoms with Crippen LogP contribution in [0.3, 0.4) is 0 Å². The number of anilines is 1. The van der Waals surface area contributed by atoms with Crippen LogP contribution in [0.5, 0.6) is 5.75 Å². The standard InChI is InChI=1S/C39H54ClFN4O3/c1-5-27-22-44(23-34(27)33-16-11-30(40)21-36(33)43-19-17-29(18-20-43)37(46)42-6-2)38(47)39(41)25-45(31-12-7-26(3)8-13-31)24-35(39)28-9-14-32(48-4)15-10-28/h9-11,14-16,21,26-27,29,31,34-35H,5-8,12-13,17-20,22-25H2,1-4H3,(H,42,46)/t26?,27-,31?,34-,35-,39-/m0/s1. The van der Waals surface area contributed by atoms with Crippen LogP contribution in [0.4, 0.5) is 10.1 Å². The molecular formula is C39H54ClFN4O3. The molecule has 0 aromatic heterocycles. The predicted octanol–water partition coefficient (Wildman–Crippen LogP) is 7.04. The second-order valence-electron chi connectivity index (χ2n) is 14.9. The minimum Gasteiger partial charge on any atom is -0.497 e. The zero-order valence-corrected chi connectivity index (χ0v) is 30.0. The van der Waals surface area contributed by atoms with Gasteiger partial charge in [0.05, 0.1) is 7.11 Å². The number of hydrogen-bond acceptors (Lipinski definition) is 5.